The third-order valence-electron chi connectivity index (χ3n) is 7.07. The quantitative estimate of drug-likeness (QED) is 0.168. The van der Waals surface area contributed by atoms with E-state index in [2.05, 4.69) is 0 Å². The Morgan fingerprint density at radius 1 is 0.957 bits per heavy atom. The first-order valence-electron chi connectivity index (χ1n) is 13.5. The van der Waals surface area contributed by atoms with Gasteiger partial charge < -0.3 is 9.67 Å². The maximum absolute atomic E-state index is 13.2. The molecule has 1 heterocycles. The van der Waals surface area contributed by atoms with Crippen molar-refractivity contribution < 1.29 is 31.5 Å². The molecule has 5 aromatic rings. The van der Waals surface area contributed by atoms with E-state index in [1.165, 1.54) is 19.2 Å². The van der Waals surface area contributed by atoms with E-state index in [9.17, 15) is 31.5 Å². The lowest BCUT2D eigenvalue weighted by Crippen LogP contribution is -2.26. The van der Waals surface area contributed by atoms with Crippen molar-refractivity contribution in [3.8, 4) is 11.3 Å². The summed E-state index contributed by atoms with van der Waals surface area (Å²) in [6.45, 7) is 0.370. The highest BCUT2D eigenvalue weighted by Gasteiger charge is 2.32. The zero-order valence-corrected chi connectivity index (χ0v) is 26.2. The molecule has 0 aliphatic rings. The Hall–Kier alpha value is -4.58. The minimum Gasteiger partial charge on any atom is -0.478 e. The number of carboxylic acid groups (broad SMARTS) is 1. The summed E-state index contributed by atoms with van der Waals surface area (Å²) >= 11 is 12.5. The number of halogens is 5. The summed E-state index contributed by atoms with van der Waals surface area (Å²) in [5.74, 6) is -0.473. The van der Waals surface area contributed by atoms with Gasteiger partial charge in [-0.2, -0.15) is 13.2 Å². The molecule has 1 N–H and O–H groups in total. The number of hydrogen-bond donors (Lipinski definition) is 1. The number of aromatic nitrogens is 2. The summed E-state index contributed by atoms with van der Waals surface area (Å²) in [5, 5.41) is 10.1. The molecule has 0 aliphatic heterocycles. The smallest absolute Gasteiger partial charge is 0.416 e. The molecule has 13 heteroatoms. The van der Waals surface area contributed by atoms with Crippen molar-refractivity contribution in [1.82, 2.24) is 9.55 Å². The lowest BCUT2D eigenvalue weighted by atomic mass is 10.1. The van der Waals surface area contributed by atoms with Crippen molar-refractivity contribution in [3.63, 3.8) is 0 Å². The van der Waals surface area contributed by atoms with Crippen LogP contribution in [0.5, 0.6) is 0 Å². The monoisotopic (exact) mass is 685 g/mol. The van der Waals surface area contributed by atoms with Crippen LogP contribution in [0.15, 0.2) is 102 Å². The Kier molecular flexibility index (Phi) is 9.29. The standard InChI is InChI=1S/C33H24Cl2F3N3O4S/c1-40(46(44,45)27-4-2-3-24(17-27)33(36,37)38)26-13-7-21(8-14-26)9-16-31-39-30(28-15-12-25(34)18-29(28)35)20-41(31)19-22-5-10-23(11-6-22)32(42)43/h2-18,20H,19H2,1H3,(H,42,43)/b16-9+. The van der Waals surface area contributed by atoms with Crippen LogP contribution >= 0.6 is 23.2 Å². The van der Waals surface area contributed by atoms with Gasteiger partial charge in [-0.25, -0.2) is 18.2 Å². The van der Waals surface area contributed by atoms with Crippen LogP contribution < -0.4 is 4.31 Å². The predicted octanol–water partition coefficient (Wildman–Crippen LogP) is 8.62. The van der Waals surface area contributed by atoms with Crippen LogP contribution in [0.25, 0.3) is 23.4 Å². The molecule has 0 spiro atoms. The molecule has 0 amide bonds. The van der Waals surface area contributed by atoms with E-state index < -0.39 is 32.6 Å². The van der Waals surface area contributed by atoms with Crippen LogP contribution in [0.3, 0.4) is 0 Å². The normalized spacial score (nSPS) is 12.0. The SMILES string of the molecule is CN(c1ccc(/C=C/c2nc(-c3ccc(Cl)cc3Cl)cn2Cc2ccc(C(=O)O)cc2)cc1)S(=O)(=O)c1cccc(C(F)(F)F)c1. The number of rotatable bonds is 9. The Balaban J connectivity index is 1.42. The molecule has 0 saturated carbocycles. The van der Waals surface area contributed by atoms with E-state index in [1.807, 2.05) is 10.8 Å². The fraction of sp³-hybridized carbons (Fsp3) is 0.0909. The Labute approximate surface area is 272 Å². The number of anilines is 1. The lowest BCUT2D eigenvalue weighted by molar-refractivity contribution is -0.137. The van der Waals surface area contributed by atoms with E-state index >= 15 is 0 Å². The summed E-state index contributed by atoms with van der Waals surface area (Å²) in [5.41, 5.74) is 2.13. The van der Waals surface area contributed by atoms with E-state index in [0.717, 1.165) is 28.1 Å². The van der Waals surface area contributed by atoms with Crippen molar-refractivity contribution >= 4 is 57.0 Å². The van der Waals surface area contributed by atoms with E-state index in [0.29, 0.717) is 45.3 Å². The number of carbonyl (C=O) groups is 1. The van der Waals surface area contributed by atoms with E-state index in [1.54, 1.807) is 66.7 Å². The fourth-order valence-electron chi connectivity index (χ4n) is 4.56. The maximum Gasteiger partial charge on any atom is 0.416 e. The molecule has 0 aliphatic carbocycles. The zero-order valence-electron chi connectivity index (χ0n) is 23.9. The largest absolute Gasteiger partial charge is 0.478 e. The molecule has 46 heavy (non-hydrogen) atoms. The Bertz CT molecular complexity index is 2040. The average molecular weight is 687 g/mol. The number of nitrogens with zero attached hydrogens (tertiary/aromatic N) is 3. The first kappa shape index (κ1) is 32.8. The van der Waals surface area contributed by atoms with Gasteiger partial charge in [-0.1, -0.05) is 59.6 Å². The van der Waals surface area contributed by atoms with Crippen LogP contribution in [0.1, 0.15) is 32.9 Å². The van der Waals surface area contributed by atoms with Crippen LogP contribution in [0.2, 0.25) is 10.0 Å². The molecule has 1 aromatic heterocycles. The van der Waals surface area contributed by atoms with Crippen molar-refractivity contribution in [3.05, 3.63) is 135 Å². The molecule has 0 bridgehead atoms. The minimum atomic E-state index is -4.68. The molecular weight excluding hydrogens is 662 g/mol. The molecule has 4 aromatic carbocycles. The molecule has 0 atom stereocenters. The second kappa shape index (κ2) is 13.0. The number of imidazole rings is 1. The molecule has 7 nitrogen and oxygen atoms in total. The van der Waals surface area contributed by atoms with Gasteiger partial charge in [-0.05, 0) is 77.9 Å². The van der Waals surface area contributed by atoms with Gasteiger partial charge in [0.2, 0.25) is 0 Å². The summed E-state index contributed by atoms with van der Waals surface area (Å²) in [4.78, 5) is 15.5. The number of sulfonamides is 1. The highest BCUT2D eigenvalue weighted by Crippen LogP contribution is 2.33. The molecule has 5 rings (SSSR count). The molecule has 236 valence electrons. The highest BCUT2D eigenvalue weighted by atomic mass is 35.5. The molecule has 0 fully saturated rings. The molecule has 0 radical (unpaired) electrons. The third-order valence-corrected chi connectivity index (χ3v) is 9.40. The number of carboxylic acids is 1. The average Bonchev–Trinajstić information content (AvgIpc) is 3.41. The van der Waals surface area contributed by atoms with Crippen molar-refractivity contribution in [1.29, 1.82) is 0 Å². The lowest BCUT2D eigenvalue weighted by Gasteiger charge is -2.20. The van der Waals surface area contributed by atoms with Crippen LogP contribution in [0, 0.1) is 0 Å². The van der Waals surface area contributed by atoms with Gasteiger partial charge in [0.05, 0.1) is 32.4 Å². The van der Waals surface area contributed by atoms with Crippen LogP contribution in [-0.2, 0) is 22.7 Å². The minimum absolute atomic E-state index is 0.167. The summed E-state index contributed by atoms with van der Waals surface area (Å²) in [6, 6.07) is 21.6. The topological polar surface area (TPSA) is 92.5 Å². The van der Waals surface area contributed by atoms with Gasteiger partial charge in [0.1, 0.15) is 5.82 Å². The molecule has 0 unspecified atom stereocenters. The maximum atomic E-state index is 13.2. The molecular formula is C33H24Cl2F3N3O4S. The van der Waals surface area contributed by atoms with Crippen LogP contribution in [-0.4, -0.2) is 36.1 Å². The third kappa shape index (κ3) is 7.28. The second-order valence-electron chi connectivity index (χ2n) is 10.2. The molecule has 0 saturated heterocycles. The van der Waals surface area contributed by atoms with Crippen molar-refractivity contribution in [2.24, 2.45) is 0 Å². The first-order chi connectivity index (χ1) is 21.7. The Morgan fingerprint density at radius 2 is 1.65 bits per heavy atom. The highest BCUT2D eigenvalue weighted by molar-refractivity contribution is 7.92. The number of hydrogen-bond acceptors (Lipinski definition) is 4. The number of alkyl halides is 3. The van der Waals surface area contributed by atoms with Gasteiger partial charge in [0.15, 0.2) is 0 Å². The Morgan fingerprint density at radius 3 is 2.28 bits per heavy atom. The second-order valence-corrected chi connectivity index (χ2v) is 13.0. The summed E-state index contributed by atoms with van der Waals surface area (Å²) in [6.07, 6.45) is 0.665. The number of aromatic carboxylic acids is 1. The fourth-order valence-corrected chi connectivity index (χ4v) is 6.31. The first-order valence-corrected chi connectivity index (χ1v) is 15.7. The van der Waals surface area contributed by atoms with Gasteiger partial charge in [-0.3, -0.25) is 4.31 Å². The van der Waals surface area contributed by atoms with Crippen molar-refractivity contribution in [2.45, 2.75) is 17.6 Å². The van der Waals surface area contributed by atoms with Gasteiger partial charge >= 0.3 is 12.1 Å². The van der Waals surface area contributed by atoms with Gasteiger partial charge in [0.25, 0.3) is 10.0 Å². The summed E-state index contributed by atoms with van der Waals surface area (Å²) < 4.78 is 68.5. The van der Waals surface area contributed by atoms with Crippen molar-refractivity contribution in [2.75, 3.05) is 11.4 Å². The number of benzene rings is 4. The summed E-state index contributed by atoms with van der Waals surface area (Å²) in [7, 11) is -3.00. The van der Waals surface area contributed by atoms with Crippen LogP contribution in [0.4, 0.5) is 18.9 Å². The predicted molar refractivity (Wildman–Crippen MR) is 173 cm³/mol. The zero-order chi connectivity index (χ0) is 33.2. The van der Waals surface area contributed by atoms with Gasteiger partial charge in [0, 0.05) is 30.4 Å². The van der Waals surface area contributed by atoms with Gasteiger partial charge in [-0.15, -0.1) is 0 Å². The van der Waals surface area contributed by atoms with E-state index in [4.69, 9.17) is 28.2 Å². The van der Waals surface area contributed by atoms with E-state index in [-0.39, 0.29) is 11.3 Å².